The molecule has 0 aliphatic rings. The van der Waals surface area contributed by atoms with E-state index < -0.39 is 5.97 Å². The molecule has 0 aliphatic carbocycles. The van der Waals surface area contributed by atoms with Crippen molar-refractivity contribution in [3.8, 4) is 0 Å². The summed E-state index contributed by atoms with van der Waals surface area (Å²) in [5.41, 5.74) is 0.293. The van der Waals surface area contributed by atoms with E-state index in [4.69, 9.17) is 5.11 Å². The number of rotatable bonds is 7. The van der Waals surface area contributed by atoms with Gasteiger partial charge in [-0.25, -0.2) is 9.78 Å². The zero-order valence-electron chi connectivity index (χ0n) is 11.4. The first-order chi connectivity index (χ1) is 8.56. The standard InChI is InChI=1S/C14H22N2O2/c1-4-5-6-9-16(11(2)3)13-10-12(14(17)18)7-8-15-13/h7-8,10-11H,4-6,9H2,1-3H3,(H,17,18). The molecule has 4 nitrogen and oxygen atoms in total. The Kier molecular flexibility index (Phi) is 5.62. The summed E-state index contributed by atoms with van der Waals surface area (Å²) in [6.07, 6.45) is 5.03. The zero-order valence-corrected chi connectivity index (χ0v) is 11.4. The van der Waals surface area contributed by atoms with Gasteiger partial charge in [0.05, 0.1) is 5.56 Å². The molecule has 0 saturated carbocycles. The number of hydrogen-bond donors (Lipinski definition) is 1. The van der Waals surface area contributed by atoms with Crippen LogP contribution in [0.3, 0.4) is 0 Å². The number of aromatic carboxylic acids is 1. The minimum atomic E-state index is -0.907. The first-order valence-corrected chi connectivity index (χ1v) is 6.52. The van der Waals surface area contributed by atoms with E-state index in [9.17, 15) is 4.79 Å². The Morgan fingerprint density at radius 1 is 1.44 bits per heavy atom. The minimum Gasteiger partial charge on any atom is -0.478 e. The molecular weight excluding hydrogens is 228 g/mol. The Labute approximate surface area is 109 Å². The second kappa shape index (κ2) is 6.99. The second-order valence-corrected chi connectivity index (χ2v) is 4.70. The van der Waals surface area contributed by atoms with Crippen LogP contribution in [0.5, 0.6) is 0 Å². The number of anilines is 1. The molecule has 0 amide bonds. The van der Waals surface area contributed by atoms with Gasteiger partial charge >= 0.3 is 5.97 Å². The zero-order chi connectivity index (χ0) is 13.5. The normalized spacial score (nSPS) is 10.7. The predicted molar refractivity (Wildman–Crippen MR) is 73.2 cm³/mol. The highest BCUT2D eigenvalue weighted by Crippen LogP contribution is 2.16. The first kappa shape index (κ1) is 14.5. The molecule has 0 radical (unpaired) electrons. The Morgan fingerprint density at radius 2 is 2.17 bits per heavy atom. The molecule has 100 valence electrons. The van der Waals surface area contributed by atoms with Crippen molar-refractivity contribution in [3.05, 3.63) is 23.9 Å². The molecule has 0 saturated heterocycles. The molecule has 0 atom stereocenters. The lowest BCUT2D eigenvalue weighted by molar-refractivity contribution is 0.0697. The van der Waals surface area contributed by atoms with Gasteiger partial charge in [-0.05, 0) is 32.4 Å². The summed E-state index contributed by atoms with van der Waals surface area (Å²) in [5, 5.41) is 9.00. The van der Waals surface area contributed by atoms with Crippen LogP contribution in [0.1, 0.15) is 50.4 Å². The van der Waals surface area contributed by atoms with Crippen molar-refractivity contribution in [2.75, 3.05) is 11.4 Å². The van der Waals surface area contributed by atoms with Crippen LogP contribution in [0.2, 0.25) is 0 Å². The van der Waals surface area contributed by atoms with Crippen LogP contribution in [-0.4, -0.2) is 28.6 Å². The fraction of sp³-hybridized carbons (Fsp3) is 0.571. The number of unbranched alkanes of at least 4 members (excludes halogenated alkanes) is 2. The Bertz CT molecular complexity index is 391. The van der Waals surface area contributed by atoms with Gasteiger partial charge in [0.2, 0.25) is 0 Å². The van der Waals surface area contributed by atoms with Crippen molar-refractivity contribution in [1.29, 1.82) is 0 Å². The lowest BCUT2D eigenvalue weighted by Gasteiger charge is -2.28. The first-order valence-electron chi connectivity index (χ1n) is 6.52. The molecule has 0 aromatic carbocycles. The molecule has 0 unspecified atom stereocenters. The second-order valence-electron chi connectivity index (χ2n) is 4.70. The summed E-state index contributed by atoms with van der Waals surface area (Å²) < 4.78 is 0. The number of nitrogens with zero attached hydrogens (tertiary/aromatic N) is 2. The third-order valence-corrected chi connectivity index (χ3v) is 2.91. The van der Waals surface area contributed by atoms with E-state index in [1.54, 1.807) is 12.3 Å². The maximum atomic E-state index is 11.0. The largest absolute Gasteiger partial charge is 0.478 e. The van der Waals surface area contributed by atoms with Crippen molar-refractivity contribution in [3.63, 3.8) is 0 Å². The smallest absolute Gasteiger partial charge is 0.335 e. The Hall–Kier alpha value is -1.58. The molecule has 1 N–H and O–H groups in total. The van der Waals surface area contributed by atoms with Crippen LogP contribution in [0, 0.1) is 0 Å². The molecule has 1 rings (SSSR count). The van der Waals surface area contributed by atoms with E-state index in [0.717, 1.165) is 18.8 Å². The van der Waals surface area contributed by atoms with E-state index in [0.29, 0.717) is 11.6 Å². The van der Waals surface area contributed by atoms with E-state index in [-0.39, 0.29) is 0 Å². The van der Waals surface area contributed by atoms with E-state index in [1.807, 2.05) is 0 Å². The van der Waals surface area contributed by atoms with Crippen molar-refractivity contribution >= 4 is 11.8 Å². The third-order valence-electron chi connectivity index (χ3n) is 2.91. The summed E-state index contributed by atoms with van der Waals surface area (Å²) in [6, 6.07) is 3.49. The Balaban J connectivity index is 2.84. The van der Waals surface area contributed by atoms with Crippen LogP contribution in [0.15, 0.2) is 18.3 Å². The fourth-order valence-corrected chi connectivity index (χ4v) is 1.88. The maximum absolute atomic E-state index is 11.0. The van der Waals surface area contributed by atoms with Gasteiger partial charge in [-0.3, -0.25) is 0 Å². The van der Waals surface area contributed by atoms with Crippen LogP contribution in [0.4, 0.5) is 5.82 Å². The lowest BCUT2D eigenvalue weighted by Crippen LogP contribution is -2.32. The summed E-state index contributed by atoms with van der Waals surface area (Å²) in [7, 11) is 0. The predicted octanol–water partition coefficient (Wildman–Crippen LogP) is 3.18. The summed E-state index contributed by atoms with van der Waals surface area (Å²) in [5.74, 6) is -0.156. The van der Waals surface area contributed by atoms with Gasteiger partial charge in [0.1, 0.15) is 5.82 Å². The average Bonchev–Trinajstić information content (AvgIpc) is 2.34. The van der Waals surface area contributed by atoms with Gasteiger partial charge in [0, 0.05) is 18.8 Å². The van der Waals surface area contributed by atoms with Gasteiger partial charge in [0.25, 0.3) is 0 Å². The number of aromatic nitrogens is 1. The molecule has 0 spiro atoms. The van der Waals surface area contributed by atoms with Crippen LogP contribution in [0.25, 0.3) is 0 Å². The molecule has 0 aliphatic heterocycles. The van der Waals surface area contributed by atoms with Gasteiger partial charge in [0.15, 0.2) is 0 Å². The lowest BCUT2D eigenvalue weighted by atomic mass is 10.2. The Morgan fingerprint density at radius 3 is 2.72 bits per heavy atom. The monoisotopic (exact) mass is 250 g/mol. The van der Waals surface area contributed by atoms with Gasteiger partial charge in [-0.1, -0.05) is 19.8 Å². The topological polar surface area (TPSA) is 53.4 Å². The molecule has 4 heteroatoms. The highest BCUT2D eigenvalue weighted by Gasteiger charge is 2.13. The van der Waals surface area contributed by atoms with E-state index in [2.05, 4.69) is 30.7 Å². The number of carboxylic acids is 1. The minimum absolute atomic E-state index is 0.293. The third kappa shape index (κ3) is 4.02. The van der Waals surface area contributed by atoms with E-state index >= 15 is 0 Å². The molecule has 0 fully saturated rings. The molecule has 1 aromatic heterocycles. The highest BCUT2D eigenvalue weighted by atomic mass is 16.4. The number of carbonyl (C=O) groups is 1. The van der Waals surface area contributed by atoms with Gasteiger partial charge < -0.3 is 10.0 Å². The highest BCUT2D eigenvalue weighted by molar-refractivity contribution is 5.88. The SMILES string of the molecule is CCCCCN(c1cc(C(=O)O)ccn1)C(C)C. The average molecular weight is 250 g/mol. The number of hydrogen-bond acceptors (Lipinski definition) is 3. The summed E-state index contributed by atoms with van der Waals surface area (Å²) in [4.78, 5) is 17.4. The van der Waals surface area contributed by atoms with Crippen LogP contribution < -0.4 is 4.90 Å². The fourth-order valence-electron chi connectivity index (χ4n) is 1.88. The summed E-state index contributed by atoms with van der Waals surface area (Å²) in [6.45, 7) is 7.28. The molecule has 1 heterocycles. The molecule has 1 aromatic rings. The van der Waals surface area contributed by atoms with Crippen molar-refractivity contribution < 1.29 is 9.90 Å². The van der Waals surface area contributed by atoms with Crippen LogP contribution >= 0.6 is 0 Å². The molecule has 0 bridgehead atoms. The van der Waals surface area contributed by atoms with Crippen molar-refractivity contribution in [1.82, 2.24) is 4.98 Å². The summed E-state index contributed by atoms with van der Waals surface area (Å²) >= 11 is 0. The van der Waals surface area contributed by atoms with Crippen molar-refractivity contribution in [2.24, 2.45) is 0 Å². The van der Waals surface area contributed by atoms with Gasteiger partial charge in [-0.15, -0.1) is 0 Å². The number of carboxylic acid groups (broad SMARTS) is 1. The van der Waals surface area contributed by atoms with Crippen molar-refractivity contribution in [2.45, 2.75) is 46.1 Å². The molecular formula is C14H22N2O2. The van der Waals surface area contributed by atoms with Gasteiger partial charge in [-0.2, -0.15) is 0 Å². The van der Waals surface area contributed by atoms with Crippen LogP contribution in [-0.2, 0) is 0 Å². The quantitative estimate of drug-likeness (QED) is 0.755. The van der Waals surface area contributed by atoms with E-state index in [1.165, 1.54) is 18.9 Å². The number of pyridine rings is 1. The maximum Gasteiger partial charge on any atom is 0.335 e. The molecule has 18 heavy (non-hydrogen) atoms.